The number of rotatable bonds is 1. The van der Waals surface area contributed by atoms with Gasteiger partial charge in [0, 0.05) is 17.4 Å². The van der Waals surface area contributed by atoms with Crippen molar-refractivity contribution in [1.82, 2.24) is 4.98 Å². The van der Waals surface area contributed by atoms with Crippen molar-refractivity contribution in [1.29, 1.82) is 0 Å². The Labute approximate surface area is 76.2 Å². The first kappa shape index (κ1) is 9.29. The van der Waals surface area contributed by atoms with Crippen LogP contribution in [-0.2, 0) is 5.60 Å². The van der Waals surface area contributed by atoms with Crippen molar-refractivity contribution in [3.05, 3.63) is 23.0 Å². The topological polar surface area (TPSA) is 59.1 Å². The lowest BCUT2D eigenvalue weighted by molar-refractivity contribution is 0.0790. The SMILES string of the molecule is CC(C)(O)c1cnc(Cl)cc1N. The third-order valence-electron chi connectivity index (χ3n) is 1.56. The predicted octanol–water partition coefficient (Wildman–Crippen LogP) is 1.54. The second-order valence-corrected chi connectivity index (χ2v) is 3.54. The van der Waals surface area contributed by atoms with Crippen LogP contribution in [0.4, 0.5) is 5.69 Å². The van der Waals surface area contributed by atoms with Crippen molar-refractivity contribution in [3.63, 3.8) is 0 Å². The summed E-state index contributed by atoms with van der Waals surface area (Å²) in [5, 5.41) is 9.93. The predicted molar refractivity (Wildman–Crippen MR) is 48.9 cm³/mol. The number of nitrogen functional groups attached to an aromatic ring is 1. The maximum absolute atomic E-state index is 9.60. The first-order valence-electron chi connectivity index (χ1n) is 3.55. The molecule has 3 N–H and O–H groups in total. The molecule has 3 nitrogen and oxygen atoms in total. The molecule has 66 valence electrons. The summed E-state index contributed by atoms with van der Waals surface area (Å²) in [7, 11) is 0. The summed E-state index contributed by atoms with van der Waals surface area (Å²) in [6.07, 6.45) is 1.48. The van der Waals surface area contributed by atoms with Crippen LogP contribution in [0.2, 0.25) is 5.15 Å². The summed E-state index contributed by atoms with van der Waals surface area (Å²) in [6, 6.07) is 1.52. The second kappa shape index (κ2) is 2.92. The third kappa shape index (κ3) is 1.87. The quantitative estimate of drug-likeness (QED) is 0.655. The Hall–Kier alpha value is -0.800. The minimum absolute atomic E-state index is 0.334. The molecular weight excluding hydrogens is 176 g/mol. The molecule has 0 spiro atoms. The van der Waals surface area contributed by atoms with Gasteiger partial charge in [-0.2, -0.15) is 0 Å². The highest BCUT2D eigenvalue weighted by Crippen LogP contribution is 2.26. The van der Waals surface area contributed by atoms with Crippen molar-refractivity contribution in [2.45, 2.75) is 19.4 Å². The van der Waals surface area contributed by atoms with E-state index in [2.05, 4.69) is 4.98 Å². The maximum Gasteiger partial charge on any atom is 0.131 e. The molecular formula is C8H11ClN2O. The molecule has 1 aromatic heterocycles. The Morgan fingerprint density at radius 3 is 2.58 bits per heavy atom. The van der Waals surface area contributed by atoms with E-state index in [1.165, 1.54) is 12.3 Å². The summed E-state index contributed by atoms with van der Waals surface area (Å²) in [5.41, 5.74) is 5.70. The van der Waals surface area contributed by atoms with Gasteiger partial charge in [-0.05, 0) is 19.9 Å². The maximum atomic E-state index is 9.60. The van der Waals surface area contributed by atoms with Gasteiger partial charge in [0.15, 0.2) is 0 Å². The number of hydrogen-bond donors (Lipinski definition) is 2. The van der Waals surface area contributed by atoms with Gasteiger partial charge in [0.1, 0.15) is 5.15 Å². The largest absolute Gasteiger partial charge is 0.398 e. The molecule has 0 unspecified atom stereocenters. The molecule has 0 fully saturated rings. The van der Waals surface area contributed by atoms with Gasteiger partial charge in [0.2, 0.25) is 0 Å². The molecule has 0 aromatic carbocycles. The molecule has 0 saturated carbocycles. The Balaban J connectivity index is 3.19. The fourth-order valence-corrected chi connectivity index (χ4v) is 1.12. The van der Waals surface area contributed by atoms with Crippen LogP contribution in [0.15, 0.2) is 12.3 Å². The Morgan fingerprint density at radius 1 is 1.58 bits per heavy atom. The monoisotopic (exact) mass is 186 g/mol. The molecule has 1 rings (SSSR count). The zero-order valence-electron chi connectivity index (χ0n) is 7.00. The van der Waals surface area contributed by atoms with Gasteiger partial charge in [-0.25, -0.2) is 4.98 Å². The van der Waals surface area contributed by atoms with Gasteiger partial charge in [-0.15, -0.1) is 0 Å². The molecule has 12 heavy (non-hydrogen) atoms. The minimum atomic E-state index is -0.971. The summed E-state index contributed by atoms with van der Waals surface area (Å²) < 4.78 is 0. The summed E-state index contributed by atoms with van der Waals surface area (Å²) >= 11 is 5.59. The van der Waals surface area contributed by atoms with E-state index in [1.807, 2.05) is 0 Å². The van der Waals surface area contributed by atoms with Crippen LogP contribution in [0.1, 0.15) is 19.4 Å². The number of nitrogens with zero attached hydrogens (tertiary/aromatic N) is 1. The van der Waals surface area contributed by atoms with E-state index in [0.29, 0.717) is 16.4 Å². The lowest BCUT2D eigenvalue weighted by Gasteiger charge is -2.18. The number of pyridine rings is 1. The van der Waals surface area contributed by atoms with Gasteiger partial charge in [0.25, 0.3) is 0 Å². The van der Waals surface area contributed by atoms with Crippen LogP contribution in [0.5, 0.6) is 0 Å². The molecule has 0 amide bonds. The first-order valence-corrected chi connectivity index (χ1v) is 3.93. The number of nitrogens with two attached hydrogens (primary N) is 1. The van der Waals surface area contributed by atoms with E-state index in [9.17, 15) is 5.11 Å². The van der Waals surface area contributed by atoms with Crippen LogP contribution >= 0.6 is 11.6 Å². The standard InChI is InChI=1S/C8H11ClN2O/c1-8(2,12)5-4-11-7(9)3-6(5)10/h3-4,12H,1-2H3,(H2,10,11). The average Bonchev–Trinajstić information content (AvgIpc) is 1.83. The molecule has 0 radical (unpaired) electrons. The molecule has 0 aliphatic rings. The molecule has 1 heterocycles. The van der Waals surface area contributed by atoms with E-state index >= 15 is 0 Å². The highest BCUT2D eigenvalue weighted by atomic mass is 35.5. The molecule has 4 heteroatoms. The van der Waals surface area contributed by atoms with E-state index in [0.717, 1.165) is 0 Å². The van der Waals surface area contributed by atoms with Gasteiger partial charge in [-0.3, -0.25) is 0 Å². The highest BCUT2D eigenvalue weighted by Gasteiger charge is 2.19. The smallest absolute Gasteiger partial charge is 0.131 e. The lowest BCUT2D eigenvalue weighted by Crippen LogP contribution is -2.17. The number of hydrogen-bond acceptors (Lipinski definition) is 3. The molecule has 0 bridgehead atoms. The van der Waals surface area contributed by atoms with Crippen LogP contribution in [0.3, 0.4) is 0 Å². The van der Waals surface area contributed by atoms with Gasteiger partial charge in [0.05, 0.1) is 5.60 Å². The van der Waals surface area contributed by atoms with E-state index in [-0.39, 0.29) is 0 Å². The van der Waals surface area contributed by atoms with Crippen LogP contribution in [0, 0.1) is 0 Å². The van der Waals surface area contributed by atoms with Crippen LogP contribution in [-0.4, -0.2) is 10.1 Å². The van der Waals surface area contributed by atoms with E-state index in [4.69, 9.17) is 17.3 Å². The Morgan fingerprint density at radius 2 is 2.17 bits per heavy atom. The highest BCUT2D eigenvalue weighted by molar-refractivity contribution is 6.29. The zero-order valence-corrected chi connectivity index (χ0v) is 7.76. The van der Waals surface area contributed by atoms with Crippen molar-refractivity contribution in [3.8, 4) is 0 Å². The molecule has 0 aliphatic carbocycles. The summed E-state index contributed by atoms with van der Waals surface area (Å²) in [4.78, 5) is 3.83. The lowest BCUT2D eigenvalue weighted by atomic mass is 9.99. The Bertz CT molecular complexity index is 294. The summed E-state index contributed by atoms with van der Waals surface area (Å²) in [6.45, 7) is 3.29. The fourth-order valence-electron chi connectivity index (χ4n) is 0.955. The minimum Gasteiger partial charge on any atom is -0.398 e. The zero-order chi connectivity index (χ0) is 9.35. The Kier molecular flexibility index (Phi) is 2.26. The number of halogens is 1. The van der Waals surface area contributed by atoms with Crippen molar-refractivity contribution in [2.75, 3.05) is 5.73 Å². The molecule has 0 aliphatic heterocycles. The van der Waals surface area contributed by atoms with Gasteiger partial charge < -0.3 is 10.8 Å². The fraction of sp³-hybridized carbons (Fsp3) is 0.375. The molecule has 0 saturated heterocycles. The van der Waals surface area contributed by atoms with Gasteiger partial charge >= 0.3 is 0 Å². The number of aromatic nitrogens is 1. The van der Waals surface area contributed by atoms with E-state index in [1.54, 1.807) is 13.8 Å². The van der Waals surface area contributed by atoms with E-state index < -0.39 is 5.60 Å². The number of anilines is 1. The molecule has 0 atom stereocenters. The van der Waals surface area contributed by atoms with Crippen molar-refractivity contribution in [2.24, 2.45) is 0 Å². The first-order chi connectivity index (χ1) is 5.41. The van der Waals surface area contributed by atoms with Crippen molar-refractivity contribution < 1.29 is 5.11 Å². The normalized spacial score (nSPS) is 11.7. The molecule has 1 aromatic rings. The second-order valence-electron chi connectivity index (χ2n) is 3.15. The summed E-state index contributed by atoms with van der Waals surface area (Å²) in [5.74, 6) is 0. The van der Waals surface area contributed by atoms with Crippen LogP contribution < -0.4 is 5.73 Å². The van der Waals surface area contributed by atoms with Gasteiger partial charge in [-0.1, -0.05) is 11.6 Å². The van der Waals surface area contributed by atoms with Crippen LogP contribution in [0.25, 0.3) is 0 Å². The average molecular weight is 187 g/mol. The van der Waals surface area contributed by atoms with Crippen molar-refractivity contribution >= 4 is 17.3 Å². The number of aliphatic hydroxyl groups is 1. The third-order valence-corrected chi connectivity index (χ3v) is 1.77.